The number of piperidine rings is 2. The van der Waals surface area contributed by atoms with Crippen molar-refractivity contribution < 1.29 is 4.79 Å². The van der Waals surface area contributed by atoms with Gasteiger partial charge in [0.05, 0.1) is 6.20 Å². The fourth-order valence-electron chi connectivity index (χ4n) is 4.01. The lowest BCUT2D eigenvalue weighted by atomic mass is 9.94. The van der Waals surface area contributed by atoms with Crippen molar-refractivity contribution in [1.82, 2.24) is 15.1 Å². The first-order valence-electron chi connectivity index (χ1n) is 9.41. The second-order valence-corrected chi connectivity index (χ2v) is 7.26. The van der Waals surface area contributed by atoms with Gasteiger partial charge < -0.3 is 9.80 Å². The van der Waals surface area contributed by atoms with Crippen LogP contribution in [0.5, 0.6) is 0 Å². The van der Waals surface area contributed by atoms with Gasteiger partial charge in [0.15, 0.2) is 0 Å². The number of likely N-dealkylation sites (tertiary alicyclic amines) is 1. The maximum atomic E-state index is 12.0. The number of hydrogen-bond acceptors (Lipinski definition) is 3. The van der Waals surface area contributed by atoms with Gasteiger partial charge in [-0.2, -0.15) is 5.10 Å². The Balaban J connectivity index is 1.31. The molecule has 4 rings (SSSR count). The van der Waals surface area contributed by atoms with Crippen molar-refractivity contribution in [2.24, 2.45) is 5.92 Å². The van der Waals surface area contributed by atoms with Crippen LogP contribution < -0.4 is 4.90 Å². The van der Waals surface area contributed by atoms with Crippen LogP contribution in [0, 0.1) is 5.92 Å². The summed E-state index contributed by atoms with van der Waals surface area (Å²) in [5, 5.41) is 6.87. The number of nitrogens with zero attached hydrogens (tertiary/aromatic N) is 3. The number of carbonyl (C=O) groups excluding carboxylic acids is 1. The highest BCUT2D eigenvalue weighted by Gasteiger charge is 2.25. The first-order chi connectivity index (χ1) is 12.3. The number of H-pyrrole nitrogens is 1. The maximum absolute atomic E-state index is 12.0. The highest BCUT2D eigenvalue weighted by Crippen LogP contribution is 2.27. The summed E-state index contributed by atoms with van der Waals surface area (Å²) in [4.78, 5) is 16.6. The summed E-state index contributed by atoms with van der Waals surface area (Å²) in [7, 11) is 0. The third-order valence-electron chi connectivity index (χ3n) is 5.58. The van der Waals surface area contributed by atoms with Crippen LogP contribution in [0.15, 0.2) is 36.7 Å². The molecule has 0 radical (unpaired) electrons. The van der Waals surface area contributed by atoms with Gasteiger partial charge in [-0.15, -0.1) is 0 Å². The molecule has 1 N–H and O–H groups in total. The SMILES string of the molecule is O=C1CCCCN1CC1CCN(c2ccc(-c3cn[nH]c3)cc2)CC1. The van der Waals surface area contributed by atoms with Gasteiger partial charge in [-0.05, 0) is 49.3 Å². The summed E-state index contributed by atoms with van der Waals surface area (Å²) in [5.41, 5.74) is 3.60. The van der Waals surface area contributed by atoms with Crippen molar-refractivity contribution in [3.63, 3.8) is 0 Å². The first kappa shape index (κ1) is 16.2. The number of amides is 1. The van der Waals surface area contributed by atoms with Gasteiger partial charge in [0.1, 0.15) is 0 Å². The molecule has 25 heavy (non-hydrogen) atoms. The molecular weight excluding hydrogens is 312 g/mol. The van der Waals surface area contributed by atoms with E-state index in [0.29, 0.717) is 11.8 Å². The molecule has 132 valence electrons. The van der Waals surface area contributed by atoms with Crippen LogP contribution in [0.25, 0.3) is 11.1 Å². The van der Waals surface area contributed by atoms with E-state index >= 15 is 0 Å². The molecule has 1 amide bonds. The topological polar surface area (TPSA) is 52.2 Å². The Hall–Kier alpha value is -2.30. The van der Waals surface area contributed by atoms with Gasteiger partial charge in [-0.3, -0.25) is 9.89 Å². The molecule has 2 saturated heterocycles. The zero-order valence-electron chi connectivity index (χ0n) is 14.7. The van der Waals surface area contributed by atoms with E-state index < -0.39 is 0 Å². The number of aromatic nitrogens is 2. The molecule has 2 fully saturated rings. The van der Waals surface area contributed by atoms with E-state index in [4.69, 9.17) is 0 Å². The Morgan fingerprint density at radius 3 is 2.52 bits per heavy atom. The zero-order chi connectivity index (χ0) is 17.1. The Kier molecular flexibility index (Phi) is 4.72. The predicted octanol–water partition coefficient (Wildman–Crippen LogP) is 3.31. The molecule has 0 bridgehead atoms. The molecule has 0 aliphatic carbocycles. The van der Waals surface area contributed by atoms with Crippen molar-refractivity contribution >= 4 is 11.6 Å². The number of rotatable bonds is 4. The van der Waals surface area contributed by atoms with Gasteiger partial charge in [0.2, 0.25) is 5.91 Å². The molecule has 2 aliphatic heterocycles. The van der Waals surface area contributed by atoms with Crippen LogP contribution in [0.4, 0.5) is 5.69 Å². The summed E-state index contributed by atoms with van der Waals surface area (Å²) in [6.45, 7) is 4.09. The number of benzene rings is 1. The lowest BCUT2D eigenvalue weighted by Crippen LogP contribution is -2.42. The van der Waals surface area contributed by atoms with E-state index in [1.807, 2.05) is 12.4 Å². The lowest BCUT2D eigenvalue weighted by Gasteiger charge is -2.37. The minimum atomic E-state index is 0.364. The molecule has 0 unspecified atom stereocenters. The van der Waals surface area contributed by atoms with Gasteiger partial charge in [0, 0.05) is 50.0 Å². The van der Waals surface area contributed by atoms with Crippen molar-refractivity contribution in [3.05, 3.63) is 36.7 Å². The van der Waals surface area contributed by atoms with Crippen molar-refractivity contribution in [3.8, 4) is 11.1 Å². The van der Waals surface area contributed by atoms with Gasteiger partial charge in [0.25, 0.3) is 0 Å². The first-order valence-corrected chi connectivity index (χ1v) is 9.41. The van der Waals surface area contributed by atoms with Crippen LogP contribution in [0.3, 0.4) is 0 Å². The molecule has 0 spiro atoms. The molecule has 3 heterocycles. The molecule has 5 nitrogen and oxygen atoms in total. The van der Waals surface area contributed by atoms with Crippen molar-refractivity contribution in [2.45, 2.75) is 32.1 Å². The molecule has 0 atom stereocenters. The third kappa shape index (κ3) is 3.70. The minimum absolute atomic E-state index is 0.364. The van der Waals surface area contributed by atoms with Crippen molar-refractivity contribution in [2.75, 3.05) is 31.1 Å². The van der Waals surface area contributed by atoms with Crippen LogP contribution in [0.2, 0.25) is 0 Å². The van der Waals surface area contributed by atoms with E-state index in [1.54, 1.807) is 0 Å². The third-order valence-corrected chi connectivity index (χ3v) is 5.58. The molecule has 5 heteroatoms. The fraction of sp³-hybridized carbons (Fsp3) is 0.500. The maximum Gasteiger partial charge on any atom is 0.222 e. The highest BCUT2D eigenvalue weighted by molar-refractivity contribution is 5.76. The zero-order valence-corrected chi connectivity index (χ0v) is 14.7. The molecular formula is C20H26N4O. The average molecular weight is 338 g/mol. The average Bonchev–Trinajstić information content (AvgIpc) is 3.19. The van der Waals surface area contributed by atoms with Crippen molar-refractivity contribution in [1.29, 1.82) is 0 Å². The predicted molar refractivity (Wildman–Crippen MR) is 99.4 cm³/mol. The van der Waals surface area contributed by atoms with E-state index in [-0.39, 0.29) is 0 Å². The Bertz CT molecular complexity index is 687. The van der Waals surface area contributed by atoms with E-state index in [1.165, 1.54) is 30.5 Å². The molecule has 0 saturated carbocycles. The standard InChI is InChI=1S/C20H26N4O/c25-20-3-1-2-10-24(20)15-16-8-11-23(12-9-16)19-6-4-17(5-7-19)18-13-21-22-14-18/h4-7,13-14,16H,1-3,8-12,15H2,(H,21,22). The monoisotopic (exact) mass is 338 g/mol. The summed E-state index contributed by atoms with van der Waals surface area (Å²) in [6, 6.07) is 8.74. The minimum Gasteiger partial charge on any atom is -0.372 e. The summed E-state index contributed by atoms with van der Waals surface area (Å²) < 4.78 is 0. The fourth-order valence-corrected chi connectivity index (χ4v) is 4.01. The van der Waals surface area contributed by atoms with Gasteiger partial charge >= 0.3 is 0 Å². The number of carbonyl (C=O) groups is 1. The van der Waals surface area contributed by atoms with Crippen LogP contribution >= 0.6 is 0 Å². The quantitative estimate of drug-likeness (QED) is 0.930. The van der Waals surface area contributed by atoms with E-state index in [2.05, 4.69) is 44.3 Å². The lowest BCUT2D eigenvalue weighted by molar-refractivity contribution is -0.134. The summed E-state index contributed by atoms with van der Waals surface area (Å²) in [6.07, 6.45) is 9.11. The van der Waals surface area contributed by atoms with Crippen LogP contribution in [-0.2, 0) is 4.79 Å². The summed E-state index contributed by atoms with van der Waals surface area (Å²) in [5.74, 6) is 1.02. The Morgan fingerprint density at radius 1 is 1.04 bits per heavy atom. The Labute approximate surface area is 149 Å². The second-order valence-electron chi connectivity index (χ2n) is 7.26. The second kappa shape index (κ2) is 7.30. The molecule has 2 aromatic rings. The van der Waals surface area contributed by atoms with Gasteiger partial charge in [-0.1, -0.05) is 12.1 Å². The molecule has 1 aromatic carbocycles. The number of hydrogen-bond donors (Lipinski definition) is 1. The normalized spacial score (nSPS) is 19.4. The number of anilines is 1. The van der Waals surface area contributed by atoms with E-state index in [0.717, 1.165) is 44.6 Å². The summed E-state index contributed by atoms with van der Waals surface area (Å²) >= 11 is 0. The molecule has 1 aromatic heterocycles. The number of aromatic amines is 1. The Morgan fingerprint density at radius 2 is 1.84 bits per heavy atom. The van der Waals surface area contributed by atoms with E-state index in [9.17, 15) is 4.79 Å². The smallest absolute Gasteiger partial charge is 0.222 e. The van der Waals surface area contributed by atoms with Gasteiger partial charge in [-0.25, -0.2) is 0 Å². The highest BCUT2D eigenvalue weighted by atomic mass is 16.2. The van der Waals surface area contributed by atoms with Crippen LogP contribution in [-0.4, -0.2) is 47.2 Å². The van der Waals surface area contributed by atoms with Crippen LogP contribution in [0.1, 0.15) is 32.1 Å². The molecule has 2 aliphatic rings. The largest absolute Gasteiger partial charge is 0.372 e. The number of nitrogens with one attached hydrogen (secondary N) is 1.